The van der Waals surface area contributed by atoms with Crippen LogP contribution in [0.5, 0.6) is 0 Å². The largest absolute Gasteiger partial charge is 0.446 e. The zero-order chi connectivity index (χ0) is 21.1. The molecule has 0 aliphatic heterocycles. The van der Waals surface area contributed by atoms with Gasteiger partial charge in [0, 0.05) is 40.4 Å². The van der Waals surface area contributed by atoms with Crippen LogP contribution in [-0.4, -0.2) is 25.9 Å². The van der Waals surface area contributed by atoms with E-state index in [0.29, 0.717) is 17.2 Å². The summed E-state index contributed by atoms with van der Waals surface area (Å²) in [6, 6.07) is 13.8. The Hall–Kier alpha value is -3.53. The van der Waals surface area contributed by atoms with E-state index in [-0.39, 0.29) is 16.7 Å². The Bertz CT molecular complexity index is 1140. The first-order valence-electron chi connectivity index (χ1n) is 8.70. The minimum absolute atomic E-state index is 0.0474. The molecular weight excluding hydrogens is 415 g/mol. The monoisotopic (exact) mass is 429 g/mol. The molecule has 0 unspecified atom stereocenters. The smallest absolute Gasteiger partial charge is 0.308 e. The summed E-state index contributed by atoms with van der Waals surface area (Å²) in [5.74, 6) is 0.591. The highest BCUT2D eigenvalue weighted by Gasteiger charge is 2.29. The molecule has 2 N–H and O–H groups in total. The number of urea groups is 1. The van der Waals surface area contributed by atoms with E-state index in [0.717, 1.165) is 11.3 Å². The Balaban J connectivity index is 1.37. The molecule has 0 bridgehead atoms. The number of alkyl halides is 3. The summed E-state index contributed by atoms with van der Waals surface area (Å²) >= 11 is -0.207. The molecule has 0 aliphatic carbocycles. The molecule has 2 aromatic carbocycles. The van der Waals surface area contributed by atoms with Crippen molar-refractivity contribution >= 4 is 34.9 Å². The normalized spacial score (nSPS) is 11.4. The number of hydrogen-bond acceptors (Lipinski definition) is 4. The Morgan fingerprint density at radius 1 is 0.967 bits per heavy atom. The number of hydrogen-bond donors (Lipinski definition) is 2. The van der Waals surface area contributed by atoms with Crippen molar-refractivity contribution in [1.82, 2.24) is 14.4 Å². The highest BCUT2D eigenvalue weighted by Crippen LogP contribution is 2.37. The predicted octanol–water partition coefficient (Wildman–Crippen LogP) is 5.65. The standard InChI is InChI=1S/C20H14F3N5OS/c21-20(22,23)30-16-8-6-15(7-9-16)26-19(29)25-14-4-2-13(3-5-14)17-12-28-11-1-10-24-18(28)27-17/h1-12H,(H2,25,26,29). The van der Waals surface area contributed by atoms with Gasteiger partial charge in [-0.05, 0) is 54.2 Å². The van der Waals surface area contributed by atoms with Crippen molar-refractivity contribution in [3.05, 3.63) is 73.2 Å². The van der Waals surface area contributed by atoms with Crippen LogP contribution >= 0.6 is 11.8 Å². The lowest BCUT2D eigenvalue weighted by molar-refractivity contribution is -0.0328. The Morgan fingerprint density at radius 3 is 2.20 bits per heavy atom. The molecule has 0 saturated heterocycles. The molecule has 0 spiro atoms. The molecule has 0 aliphatic rings. The average Bonchev–Trinajstić information content (AvgIpc) is 3.13. The number of aromatic nitrogens is 3. The maximum Gasteiger partial charge on any atom is 0.446 e. The van der Waals surface area contributed by atoms with E-state index in [1.807, 2.05) is 35.0 Å². The van der Waals surface area contributed by atoms with Crippen molar-refractivity contribution in [2.75, 3.05) is 10.6 Å². The number of amides is 2. The highest BCUT2D eigenvalue weighted by atomic mass is 32.2. The van der Waals surface area contributed by atoms with Gasteiger partial charge in [0.25, 0.3) is 0 Å². The Morgan fingerprint density at radius 2 is 1.60 bits per heavy atom. The van der Waals surface area contributed by atoms with E-state index in [2.05, 4.69) is 20.6 Å². The quantitative estimate of drug-likeness (QED) is 0.411. The third-order valence-corrected chi connectivity index (χ3v) is 4.76. The molecular formula is C20H14F3N5OS. The van der Waals surface area contributed by atoms with Crippen LogP contribution in [-0.2, 0) is 0 Å². The lowest BCUT2D eigenvalue weighted by atomic mass is 10.1. The fourth-order valence-corrected chi connectivity index (χ4v) is 3.27. The summed E-state index contributed by atoms with van der Waals surface area (Å²) in [6.07, 6.45) is 5.38. The molecule has 0 radical (unpaired) electrons. The van der Waals surface area contributed by atoms with Gasteiger partial charge in [0.15, 0.2) is 0 Å². The van der Waals surface area contributed by atoms with Crippen molar-refractivity contribution in [3.8, 4) is 11.3 Å². The van der Waals surface area contributed by atoms with Gasteiger partial charge in [0.05, 0.1) is 5.69 Å². The molecule has 2 heterocycles. The fourth-order valence-electron chi connectivity index (χ4n) is 2.73. The Kier molecular flexibility index (Phi) is 5.32. The van der Waals surface area contributed by atoms with E-state index in [1.54, 1.807) is 18.3 Å². The second kappa shape index (κ2) is 8.07. The maximum absolute atomic E-state index is 12.4. The van der Waals surface area contributed by atoms with Crippen molar-refractivity contribution in [1.29, 1.82) is 0 Å². The van der Waals surface area contributed by atoms with Crippen LogP contribution in [0.25, 0.3) is 17.0 Å². The number of carbonyl (C=O) groups excluding carboxylic acids is 1. The topological polar surface area (TPSA) is 71.3 Å². The molecule has 0 atom stereocenters. The second-order valence-electron chi connectivity index (χ2n) is 6.18. The summed E-state index contributed by atoms with van der Waals surface area (Å²) in [7, 11) is 0. The number of benzene rings is 2. The first-order chi connectivity index (χ1) is 14.4. The third-order valence-electron chi connectivity index (χ3n) is 4.02. The number of nitrogens with zero attached hydrogens (tertiary/aromatic N) is 3. The van der Waals surface area contributed by atoms with Crippen LogP contribution in [0.1, 0.15) is 0 Å². The molecule has 2 aromatic heterocycles. The molecule has 152 valence electrons. The number of imidazole rings is 1. The molecule has 30 heavy (non-hydrogen) atoms. The van der Waals surface area contributed by atoms with Crippen LogP contribution in [0.4, 0.5) is 29.3 Å². The van der Waals surface area contributed by atoms with Crippen molar-refractivity contribution in [3.63, 3.8) is 0 Å². The van der Waals surface area contributed by atoms with Gasteiger partial charge in [-0.2, -0.15) is 13.2 Å². The average molecular weight is 429 g/mol. The number of fused-ring (bicyclic) bond motifs is 1. The van der Waals surface area contributed by atoms with Crippen LogP contribution in [0, 0.1) is 0 Å². The van der Waals surface area contributed by atoms with Crippen LogP contribution < -0.4 is 10.6 Å². The van der Waals surface area contributed by atoms with Crippen LogP contribution in [0.15, 0.2) is 78.1 Å². The first-order valence-corrected chi connectivity index (χ1v) is 9.51. The molecule has 4 rings (SSSR count). The minimum atomic E-state index is -4.35. The van der Waals surface area contributed by atoms with E-state index in [1.165, 1.54) is 24.3 Å². The summed E-state index contributed by atoms with van der Waals surface area (Å²) in [5, 5.41) is 5.26. The minimum Gasteiger partial charge on any atom is -0.308 e. The van der Waals surface area contributed by atoms with Crippen LogP contribution in [0.3, 0.4) is 0 Å². The summed E-state index contributed by atoms with van der Waals surface area (Å²) in [5.41, 5.74) is -1.79. The third kappa shape index (κ3) is 4.90. The highest BCUT2D eigenvalue weighted by molar-refractivity contribution is 8.00. The van der Waals surface area contributed by atoms with Gasteiger partial charge in [0.2, 0.25) is 5.78 Å². The van der Waals surface area contributed by atoms with E-state index >= 15 is 0 Å². The number of thioether (sulfide) groups is 1. The zero-order valence-corrected chi connectivity index (χ0v) is 16.0. The number of halogens is 3. The summed E-state index contributed by atoms with van der Waals surface area (Å²) < 4.78 is 38.9. The van der Waals surface area contributed by atoms with Gasteiger partial charge in [-0.15, -0.1) is 0 Å². The van der Waals surface area contributed by atoms with Gasteiger partial charge in [-0.1, -0.05) is 12.1 Å². The maximum atomic E-state index is 12.4. The van der Waals surface area contributed by atoms with Gasteiger partial charge < -0.3 is 10.6 Å². The number of rotatable bonds is 4. The first kappa shape index (κ1) is 19.8. The fraction of sp³-hybridized carbons (Fsp3) is 0.0500. The van der Waals surface area contributed by atoms with Crippen molar-refractivity contribution < 1.29 is 18.0 Å². The lowest BCUT2D eigenvalue weighted by Crippen LogP contribution is -2.19. The molecule has 6 nitrogen and oxygen atoms in total. The van der Waals surface area contributed by atoms with Gasteiger partial charge in [-0.3, -0.25) is 4.40 Å². The number of nitrogens with one attached hydrogen (secondary N) is 2. The van der Waals surface area contributed by atoms with Crippen LogP contribution in [0.2, 0.25) is 0 Å². The van der Waals surface area contributed by atoms with E-state index in [4.69, 9.17) is 0 Å². The zero-order valence-electron chi connectivity index (χ0n) is 15.2. The number of carbonyl (C=O) groups is 1. The van der Waals surface area contributed by atoms with E-state index < -0.39 is 11.5 Å². The predicted molar refractivity (Wildman–Crippen MR) is 109 cm³/mol. The van der Waals surface area contributed by atoms with Crippen molar-refractivity contribution in [2.45, 2.75) is 10.4 Å². The van der Waals surface area contributed by atoms with Gasteiger partial charge in [-0.25, -0.2) is 14.8 Å². The SMILES string of the molecule is O=C(Nc1ccc(SC(F)(F)F)cc1)Nc1ccc(-c2cn3cccnc3n2)cc1. The number of anilines is 2. The second-order valence-corrected chi connectivity index (χ2v) is 7.32. The molecule has 10 heteroatoms. The Labute approximate surface area is 173 Å². The lowest BCUT2D eigenvalue weighted by Gasteiger charge is -2.09. The molecule has 4 aromatic rings. The van der Waals surface area contributed by atoms with Gasteiger partial charge in [0.1, 0.15) is 0 Å². The summed E-state index contributed by atoms with van der Waals surface area (Å²) in [4.78, 5) is 20.8. The molecule has 0 saturated carbocycles. The van der Waals surface area contributed by atoms with E-state index in [9.17, 15) is 18.0 Å². The van der Waals surface area contributed by atoms with Crippen molar-refractivity contribution in [2.24, 2.45) is 0 Å². The van der Waals surface area contributed by atoms with Gasteiger partial charge >= 0.3 is 11.5 Å². The molecule has 0 fully saturated rings. The summed E-state index contributed by atoms with van der Waals surface area (Å²) in [6.45, 7) is 0. The molecule has 2 amide bonds.